The number of hydrogen-bond donors (Lipinski definition) is 2. The Morgan fingerprint density at radius 1 is 1.40 bits per heavy atom. The Morgan fingerprint density at radius 3 is 2.90 bits per heavy atom. The molecule has 0 spiro atoms. The van der Waals surface area contributed by atoms with Crippen molar-refractivity contribution in [3.63, 3.8) is 0 Å². The molecule has 0 saturated carbocycles. The summed E-state index contributed by atoms with van der Waals surface area (Å²) in [6.07, 6.45) is 5.67. The van der Waals surface area contributed by atoms with Crippen LogP contribution in [0.15, 0.2) is 42.7 Å². The summed E-state index contributed by atoms with van der Waals surface area (Å²) in [5.74, 6) is 0.0960. The Hall–Kier alpha value is -2.14. The minimum absolute atomic E-state index is 0.0154. The summed E-state index contributed by atoms with van der Waals surface area (Å²) in [5, 5.41) is 10.3. The zero-order valence-electron chi connectivity index (χ0n) is 11.2. The van der Waals surface area contributed by atoms with Gasteiger partial charge in [-0.05, 0) is 43.1 Å². The van der Waals surface area contributed by atoms with E-state index >= 15 is 0 Å². The third-order valence-corrected chi connectivity index (χ3v) is 3.55. The van der Waals surface area contributed by atoms with Crippen molar-refractivity contribution >= 4 is 5.91 Å². The second-order valence-corrected chi connectivity index (χ2v) is 4.98. The van der Waals surface area contributed by atoms with Gasteiger partial charge in [-0.1, -0.05) is 12.1 Å². The van der Waals surface area contributed by atoms with Crippen molar-refractivity contribution in [1.29, 1.82) is 0 Å². The number of nitrogens with one attached hydrogen (secondary N) is 2. The van der Waals surface area contributed by atoms with E-state index in [1.807, 2.05) is 41.2 Å². The van der Waals surface area contributed by atoms with Gasteiger partial charge in [-0.25, -0.2) is 4.68 Å². The van der Waals surface area contributed by atoms with Gasteiger partial charge in [-0.2, -0.15) is 5.10 Å². The molecule has 1 atom stereocenters. The molecule has 0 bridgehead atoms. The molecular weight excluding hydrogens is 252 g/mol. The van der Waals surface area contributed by atoms with Gasteiger partial charge in [0.05, 0.1) is 11.7 Å². The van der Waals surface area contributed by atoms with Gasteiger partial charge in [-0.3, -0.25) is 4.79 Å². The normalized spacial score (nSPS) is 18.1. The van der Waals surface area contributed by atoms with Crippen LogP contribution in [-0.4, -0.2) is 28.3 Å². The molecule has 3 rings (SSSR count). The van der Waals surface area contributed by atoms with Crippen molar-refractivity contribution in [2.75, 3.05) is 6.54 Å². The van der Waals surface area contributed by atoms with E-state index in [1.165, 1.54) is 0 Å². The van der Waals surface area contributed by atoms with Crippen LogP contribution in [0.5, 0.6) is 0 Å². The van der Waals surface area contributed by atoms with Crippen molar-refractivity contribution in [1.82, 2.24) is 20.4 Å². The van der Waals surface area contributed by atoms with Crippen molar-refractivity contribution in [2.24, 2.45) is 0 Å². The van der Waals surface area contributed by atoms with E-state index in [0.29, 0.717) is 6.54 Å². The Balaban J connectivity index is 1.57. The second-order valence-electron chi connectivity index (χ2n) is 4.98. The van der Waals surface area contributed by atoms with Crippen LogP contribution >= 0.6 is 0 Å². The van der Waals surface area contributed by atoms with Crippen LogP contribution in [0.2, 0.25) is 0 Å². The molecule has 1 aliphatic heterocycles. The number of benzene rings is 1. The third kappa shape index (κ3) is 2.88. The highest BCUT2D eigenvalue weighted by atomic mass is 16.2. The maximum atomic E-state index is 11.9. The first-order chi connectivity index (χ1) is 9.83. The number of carbonyl (C=O) groups is 1. The number of carbonyl (C=O) groups excluding carboxylic acids is 1. The molecule has 1 aromatic heterocycles. The fraction of sp³-hybridized carbons (Fsp3) is 0.333. The summed E-state index contributed by atoms with van der Waals surface area (Å²) < 4.78 is 1.81. The van der Waals surface area contributed by atoms with E-state index in [9.17, 15) is 4.79 Å². The Labute approximate surface area is 118 Å². The van der Waals surface area contributed by atoms with Gasteiger partial charge in [0.25, 0.3) is 0 Å². The van der Waals surface area contributed by atoms with Crippen LogP contribution in [-0.2, 0) is 11.3 Å². The van der Waals surface area contributed by atoms with Gasteiger partial charge in [0, 0.05) is 18.9 Å². The van der Waals surface area contributed by atoms with E-state index in [-0.39, 0.29) is 11.9 Å². The number of aromatic nitrogens is 2. The molecule has 2 aromatic rings. The summed E-state index contributed by atoms with van der Waals surface area (Å²) in [4.78, 5) is 11.9. The predicted molar refractivity (Wildman–Crippen MR) is 76.4 cm³/mol. The predicted octanol–water partition coefficient (Wildman–Crippen LogP) is 1.24. The molecule has 0 aliphatic carbocycles. The summed E-state index contributed by atoms with van der Waals surface area (Å²) in [6.45, 7) is 1.51. The number of rotatable bonds is 4. The zero-order valence-corrected chi connectivity index (χ0v) is 11.2. The van der Waals surface area contributed by atoms with E-state index in [1.54, 1.807) is 6.20 Å². The summed E-state index contributed by atoms with van der Waals surface area (Å²) in [5.41, 5.74) is 2.11. The van der Waals surface area contributed by atoms with E-state index < -0.39 is 0 Å². The molecule has 1 fully saturated rings. The molecular formula is C15H18N4O. The fourth-order valence-corrected chi connectivity index (χ4v) is 2.41. The Morgan fingerprint density at radius 2 is 2.25 bits per heavy atom. The van der Waals surface area contributed by atoms with Gasteiger partial charge in [0.1, 0.15) is 0 Å². The average Bonchev–Trinajstić information content (AvgIpc) is 3.18. The van der Waals surface area contributed by atoms with Crippen molar-refractivity contribution in [2.45, 2.75) is 25.4 Å². The number of hydrogen-bond acceptors (Lipinski definition) is 3. The molecule has 1 unspecified atom stereocenters. The Bertz CT molecular complexity index is 556. The first-order valence-corrected chi connectivity index (χ1v) is 6.93. The topological polar surface area (TPSA) is 59.0 Å². The van der Waals surface area contributed by atoms with Crippen molar-refractivity contribution in [3.05, 3.63) is 48.3 Å². The number of amides is 1. The SMILES string of the molecule is O=C(NCc1ccc(-n2cccn2)cc1)C1CCCN1. The van der Waals surface area contributed by atoms with Crippen LogP contribution in [0.1, 0.15) is 18.4 Å². The maximum absolute atomic E-state index is 11.9. The highest BCUT2D eigenvalue weighted by Crippen LogP contribution is 2.09. The zero-order chi connectivity index (χ0) is 13.8. The first-order valence-electron chi connectivity index (χ1n) is 6.93. The van der Waals surface area contributed by atoms with Crippen LogP contribution in [0.25, 0.3) is 5.69 Å². The van der Waals surface area contributed by atoms with Gasteiger partial charge >= 0.3 is 0 Å². The lowest BCUT2D eigenvalue weighted by atomic mass is 10.2. The van der Waals surface area contributed by atoms with Crippen molar-refractivity contribution < 1.29 is 4.79 Å². The van der Waals surface area contributed by atoms with E-state index in [0.717, 1.165) is 30.6 Å². The third-order valence-electron chi connectivity index (χ3n) is 3.55. The standard InChI is InChI=1S/C15H18N4O/c20-15(14-3-1-8-16-14)17-11-12-4-6-13(7-5-12)19-10-2-9-18-19/h2,4-7,9-10,14,16H,1,3,8,11H2,(H,17,20). The first kappa shape index (κ1) is 12.9. The van der Waals surface area contributed by atoms with Gasteiger partial charge in [0.15, 0.2) is 0 Å². The molecule has 1 saturated heterocycles. The minimum Gasteiger partial charge on any atom is -0.351 e. The summed E-state index contributed by atoms with van der Waals surface area (Å²) in [7, 11) is 0. The molecule has 5 nitrogen and oxygen atoms in total. The molecule has 0 radical (unpaired) electrons. The maximum Gasteiger partial charge on any atom is 0.237 e. The molecule has 2 N–H and O–H groups in total. The minimum atomic E-state index is -0.0154. The molecule has 104 valence electrons. The molecule has 1 aromatic carbocycles. The van der Waals surface area contributed by atoms with E-state index in [2.05, 4.69) is 15.7 Å². The highest BCUT2D eigenvalue weighted by molar-refractivity contribution is 5.81. The number of nitrogens with zero attached hydrogens (tertiary/aromatic N) is 2. The lowest BCUT2D eigenvalue weighted by molar-refractivity contribution is -0.122. The second kappa shape index (κ2) is 5.88. The van der Waals surface area contributed by atoms with Crippen LogP contribution in [0.4, 0.5) is 0 Å². The average molecular weight is 270 g/mol. The van der Waals surface area contributed by atoms with Crippen LogP contribution in [0.3, 0.4) is 0 Å². The fourth-order valence-electron chi connectivity index (χ4n) is 2.41. The highest BCUT2D eigenvalue weighted by Gasteiger charge is 2.21. The smallest absolute Gasteiger partial charge is 0.237 e. The molecule has 2 heterocycles. The quantitative estimate of drug-likeness (QED) is 0.879. The largest absolute Gasteiger partial charge is 0.351 e. The van der Waals surface area contributed by atoms with Crippen LogP contribution in [0, 0.1) is 0 Å². The molecule has 1 aliphatic rings. The summed E-state index contributed by atoms with van der Waals surface area (Å²) >= 11 is 0. The lowest BCUT2D eigenvalue weighted by Crippen LogP contribution is -2.39. The van der Waals surface area contributed by atoms with Gasteiger partial charge in [-0.15, -0.1) is 0 Å². The molecule has 5 heteroatoms. The van der Waals surface area contributed by atoms with E-state index in [4.69, 9.17) is 0 Å². The van der Waals surface area contributed by atoms with Gasteiger partial charge in [0.2, 0.25) is 5.91 Å². The van der Waals surface area contributed by atoms with Gasteiger partial charge < -0.3 is 10.6 Å². The molecule has 1 amide bonds. The van der Waals surface area contributed by atoms with Crippen molar-refractivity contribution in [3.8, 4) is 5.69 Å². The lowest BCUT2D eigenvalue weighted by Gasteiger charge is -2.11. The summed E-state index contributed by atoms with van der Waals surface area (Å²) in [6, 6.07) is 9.91. The monoisotopic (exact) mass is 270 g/mol. The molecule has 20 heavy (non-hydrogen) atoms. The van der Waals surface area contributed by atoms with Crippen LogP contribution < -0.4 is 10.6 Å². The Kier molecular flexibility index (Phi) is 3.78.